The molecule has 4 aromatic rings. The molecule has 2 aromatic carbocycles. The van der Waals surface area contributed by atoms with E-state index in [9.17, 15) is 14.9 Å². The van der Waals surface area contributed by atoms with Crippen LogP contribution in [0.3, 0.4) is 0 Å². The van der Waals surface area contributed by atoms with Crippen molar-refractivity contribution >= 4 is 22.8 Å². The zero-order valence-electron chi connectivity index (χ0n) is 26.7. The van der Waals surface area contributed by atoms with Crippen molar-refractivity contribution in [2.24, 2.45) is 11.3 Å². The molecule has 4 heterocycles. The molecule has 0 saturated carbocycles. The smallest absolute Gasteiger partial charge is 0.334 e. The number of nitrogens with zero attached hydrogens (tertiary/aromatic N) is 6. The summed E-state index contributed by atoms with van der Waals surface area (Å²) in [5.41, 5.74) is 7.81. The van der Waals surface area contributed by atoms with Crippen LogP contribution in [0.4, 0.5) is 5.82 Å². The van der Waals surface area contributed by atoms with E-state index < -0.39 is 0 Å². The van der Waals surface area contributed by atoms with Crippen LogP contribution in [-0.4, -0.2) is 63.1 Å². The molecule has 2 aliphatic rings. The number of hydrogen-bond donors (Lipinski definition) is 1. The predicted octanol–water partition coefficient (Wildman–Crippen LogP) is 5.54. The molecular formula is C36H41N7O3. The number of para-hydroxylation sites is 1. The monoisotopic (exact) mass is 619 g/mol. The van der Waals surface area contributed by atoms with Gasteiger partial charge in [-0.1, -0.05) is 38.1 Å². The highest BCUT2D eigenvalue weighted by molar-refractivity contribution is 5.97. The van der Waals surface area contributed by atoms with Gasteiger partial charge in [0.1, 0.15) is 34.5 Å². The number of allylic oxidation sites excluding steroid dienone is 1. The number of aromatic nitrogens is 3. The summed E-state index contributed by atoms with van der Waals surface area (Å²) in [4.78, 5) is 36.3. The van der Waals surface area contributed by atoms with Gasteiger partial charge in [-0.05, 0) is 99.6 Å². The van der Waals surface area contributed by atoms with Gasteiger partial charge in [0.05, 0.1) is 17.2 Å². The fourth-order valence-electron chi connectivity index (χ4n) is 6.97. The maximum Gasteiger partial charge on any atom is 0.334 e. The van der Waals surface area contributed by atoms with Crippen molar-refractivity contribution in [2.45, 2.75) is 45.6 Å². The lowest BCUT2D eigenvalue weighted by atomic mass is 9.72. The lowest BCUT2D eigenvalue weighted by Crippen LogP contribution is -2.43. The number of piperidine rings is 2. The van der Waals surface area contributed by atoms with E-state index in [1.54, 1.807) is 26.3 Å². The van der Waals surface area contributed by atoms with Gasteiger partial charge < -0.3 is 20.3 Å². The summed E-state index contributed by atoms with van der Waals surface area (Å²) < 4.78 is 9.26. The topological polar surface area (TPSA) is 122 Å². The zero-order chi connectivity index (χ0) is 32.4. The summed E-state index contributed by atoms with van der Waals surface area (Å²) in [6, 6.07) is 20.5. The van der Waals surface area contributed by atoms with E-state index in [0.29, 0.717) is 60.1 Å². The molecule has 0 spiro atoms. The van der Waals surface area contributed by atoms with E-state index in [1.165, 1.54) is 0 Å². The first kappa shape index (κ1) is 31.1. The minimum Gasteiger partial charge on any atom is -0.457 e. The Kier molecular flexibility index (Phi) is 8.69. The standard InChI is InChI=1S/C36H41N7O3/c1-36(2,26-16-20-40(3)21-17-26)22-25(23-37)34(44)41-19-7-8-28(24-41)42-31-15-18-39-33(38)32(31)43(35(42)45)27-11-13-30(14-12-27)46-29-9-5-4-6-10-29/h4-6,9-15,18,22,26,28H,7-8,16-17,19-21,24H2,1-3H3,(H2,38,39)/t28-/m1/s1. The number of ether oxygens (including phenoxy) is 1. The Balaban J connectivity index is 1.28. The summed E-state index contributed by atoms with van der Waals surface area (Å²) in [6.45, 7) is 7.12. The molecular weight excluding hydrogens is 578 g/mol. The van der Waals surface area contributed by atoms with Crippen LogP contribution < -0.4 is 16.2 Å². The number of anilines is 1. The number of hydrogen-bond acceptors (Lipinski definition) is 7. The van der Waals surface area contributed by atoms with Gasteiger partial charge in [0.25, 0.3) is 5.91 Å². The Morgan fingerprint density at radius 3 is 2.41 bits per heavy atom. The minimum absolute atomic E-state index is 0.172. The van der Waals surface area contributed by atoms with Gasteiger partial charge in [-0.2, -0.15) is 5.26 Å². The number of nitrogens with two attached hydrogens (primary N) is 1. The average Bonchev–Trinajstić information content (AvgIpc) is 3.37. The fraction of sp³-hybridized carbons (Fsp3) is 0.389. The molecule has 46 heavy (non-hydrogen) atoms. The third-order valence-electron chi connectivity index (χ3n) is 9.57. The maximum atomic E-state index is 14.2. The van der Waals surface area contributed by atoms with E-state index in [0.717, 1.165) is 25.9 Å². The Morgan fingerprint density at radius 1 is 1.02 bits per heavy atom. The molecule has 2 aliphatic heterocycles. The number of pyridine rings is 1. The summed E-state index contributed by atoms with van der Waals surface area (Å²) in [5.74, 6) is 1.72. The maximum absolute atomic E-state index is 14.2. The van der Waals surface area contributed by atoms with Crippen LogP contribution in [0.1, 0.15) is 45.6 Å². The first-order valence-electron chi connectivity index (χ1n) is 16.0. The van der Waals surface area contributed by atoms with Gasteiger partial charge in [0.2, 0.25) is 0 Å². The molecule has 2 fully saturated rings. The largest absolute Gasteiger partial charge is 0.457 e. The van der Waals surface area contributed by atoms with Crippen molar-refractivity contribution in [3.63, 3.8) is 0 Å². The fourth-order valence-corrected chi connectivity index (χ4v) is 6.97. The summed E-state index contributed by atoms with van der Waals surface area (Å²) in [6.07, 6.45) is 6.96. The Labute approximate surface area is 269 Å². The van der Waals surface area contributed by atoms with Crippen molar-refractivity contribution < 1.29 is 9.53 Å². The number of carbonyl (C=O) groups excluding carboxylic acids is 1. The van der Waals surface area contributed by atoms with E-state index in [2.05, 4.69) is 36.8 Å². The Morgan fingerprint density at radius 2 is 1.72 bits per heavy atom. The number of nitriles is 1. The Bertz CT molecular complexity index is 1840. The third kappa shape index (κ3) is 6.15. The number of fused-ring (bicyclic) bond motifs is 1. The molecule has 0 bridgehead atoms. The van der Waals surface area contributed by atoms with Gasteiger partial charge in [-0.15, -0.1) is 0 Å². The number of rotatable bonds is 7. The van der Waals surface area contributed by atoms with Gasteiger partial charge in [-0.3, -0.25) is 13.9 Å². The van der Waals surface area contributed by atoms with Crippen LogP contribution >= 0.6 is 0 Å². The van der Waals surface area contributed by atoms with Gasteiger partial charge in [0, 0.05) is 19.3 Å². The van der Waals surface area contributed by atoms with Crippen LogP contribution in [-0.2, 0) is 4.79 Å². The lowest BCUT2D eigenvalue weighted by molar-refractivity contribution is -0.128. The first-order chi connectivity index (χ1) is 22.2. The number of carbonyl (C=O) groups is 1. The molecule has 0 radical (unpaired) electrons. The highest BCUT2D eigenvalue weighted by Gasteiger charge is 2.34. The van der Waals surface area contributed by atoms with Crippen molar-refractivity contribution in [1.82, 2.24) is 23.9 Å². The Hall–Kier alpha value is -4.88. The van der Waals surface area contributed by atoms with E-state index in [1.807, 2.05) is 60.7 Å². The van der Waals surface area contributed by atoms with Gasteiger partial charge >= 0.3 is 5.69 Å². The predicted molar refractivity (Wildman–Crippen MR) is 179 cm³/mol. The number of imidazole rings is 1. The molecule has 2 saturated heterocycles. The summed E-state index contributed by atoms with van der Waals surface area (Å²) in [7, 11) is 2.13. The van der Waals surface area contributed by atoms with Crippen LogP contribution in [0, 0.1) is 22.7 Å². The molecule has 2 N–H and O–H groups in total. The second kappa shape index (κ2) is 12.9. The molecule has 6 rings (SSSR count). The second-order valence-electron chi connectivity index (χ2n) is 13.1. The first-order valence-corrected chi connectivity index (χ1v) is 16.0. The van der Waals surface area contributed by atoms with E-state index >= 15 is 0 Å². The summed E-state index contributed by atoms with van der Waals surface area (Å²) >= 11 is 0. The zero-order valence-corrected chi connectivity index (χ0v) is 26.7. The second-order valence-corrected chi connectivity index (χ2v) is 13.1. The average molecular weight is 620 g/mol. The minimum atomic E-state index is -0.293. The van der Waals surface area contributed by atoms with Crippen LogP contribution in [0.25, 0.3) is 16.7 Å². The van der Waals surface area contributed by atoms with E-state index in [4.69, 9.17) is 10.5 Å². The van der Waals surface area contributed by atoms with E-state index in [-0.39, 0.29) is 34.4 Å². The van der Waals surface area contributed by atoms with Crippen LogP contribution in [0.15, 0.2) is 83.3 Å². The number of likely N-dealkylation sites (tertiary alicyclic amines) is 2. The van der Waals surface area contributed by atoms with Crippen molar-refractivity contribution in [1.29, 1.82) is 5.26 Å². The number of nitrogen functional groups attached to an aromatic ring is 1. The van der Waals surface area contributed by atoms with Crippen molar-refractivity contribution in [3.8, 4) is 23.3 Å². The molecule has 2 aromatic heterocycles. The van der Waals surface area contributed by atoms with Crippen LogP contribution in [0.2, 0.25) is 0 Å². The highest BCUT2D eigenvalue weighted by Crippen LogP contribution is 2.37. The highest BCUT2D eigenvalue weighted by atomic mass is 16.5. The number of amides is 1. The SMILES string of the molecule is CN1CCC(C(C)(C)C=C(C#N)C(=O)N2CCC[C@@H](n3c(=O)n(-c4ccc(Oc5ccccc5)cc4)c4c(N)nccc43)C2)CC1. The molecule has 10 heteroatoms. The molecule has 1 amide bonds. The van der Waals surface area contributed by atoms with Crippen molar-refractivity contribution in [2.75, 3.05) is 39.0 Å². The third-order valence-corrected chi connectivity index (χ3v) is 9.57. The normalized spacial score (nSPS) is 18.4. The van der Waals surface area contributed by atoms with Crippen molar-refractivity contribution in [3.05, 3.63) is 89.0 Å². The quantitative estimate of drug-likeness (QED) is 0.213. The molecule has 1 atom stereocenters. The lowest BCUT2D eigenvalue weighted by Gasteiger charge is -2.38. The molecule has 0 unspecified atom stereocenters. The molecule has 238 valence electrons. The van der Waals surface area contributed by atoms with Crippen LogP contribution in [0.5, 0.6) is 11.5 Å². The molecule has 10 nitrogen and oxygen atoms in total. The van der Waals surface area contributed by atoms with Gasteiger partial charge in [-0.25, -0.2) is 9.78 Å². The summed E-state index contributed by atoms with van der Waals surface area (Å²) in [5, 5.41) is 10.1. The molecule has 0 aliphatic carbocycles. The van der Waals surface area contributed by atoms with Gasteiger partial charge in [0.15, 0.2) is 0 Å². The number of benzene rings is 2.